The van der Waals surface area contributed by atoms with Gasteiger partial charge in [0.1, 0.15) is 18.2 Å². The molecule has 0 unspecified atom stereocenters. The van der Waals surface area contributed by atoms with Crippen LogP contribution in [0.25, 0.3) is 0 Å². The Bertz CT molecular complexity index is 590. The normalized spacial score (nSPS) is 10.5. The summed E-state index contributed by atoms with van der Waals surface area (Å²) in [5, 5.41) is 0.571. The zero-order valence-electron chi connectivity index (χ0n) is 10.00. The third-order valence-electron chi connectivity index (χ3n) is 2.64. The first-order chi connectivity index (χ1) is 9.11. The minimum absolute atomic E-state index is 0.0872. The van der Waals surface area contributed by atoms with E-state index in [2.05, 4.69) is 0 Å². The molecule has 0 saturated heterocycles. The molecule has 2 nitrogen and oxygen atoms in total. The van der Waals surface area contributed by atoms with Gasteiger partial charge in [0.05, 0.1) is 10.0 Å². The van der Waals surface area contributed by atoms with Crippen molar-refractivity contribution in [3.8, 4) is 5.75 Å². The molecule has 0 aromatic heterocycles. The average Bonchev–Trinajstić information content (AvgIpc) is 2.41. The van der Waals surface area contributed by atoms with Gasteiger partial charge in [-0.3, -0.25) is 0 Å². The molecule has 0 aliphatic heterocycles. The highest BCUT2D eigenvalue weighted by atomic mass is 35.5. The van der Waals surface area contributed by atoms with Gasteiger partial charge >= 0.3 is 0 Å². The Balaban J connectivity index is 2.16. The molecule has 0 radical (unpaired) electrons. The molecule has 0 saturated carbocycles. The van der Waals surface area contributed by atoms with E-state index in [4.69, 9.17) is 33.7 Å². The fourth-order valence-corrected chi connectivity index (χ4v) is 2.03. The standard InChI is InChI=1S/C14H12Cl2FNO/c15-11-5-4-9(6-13(11)17)8-19-14-10(7-18)2-1-3-12(14)16/h1-6H,7-8,18H2. The molecule has 0 aliphatic carbocycles. The largest absolute Gasteiger partial charge is 0.487 e. The molecule has 0 aliphatic rings. The summed E-state index contributed by atoms with van der Waals surface area (Å²) in [6.45, 7) is 0.524. The maximum atomic E-state index is 13.3. The van der Waals surface area contributed by atoms with E-state index in [1.54, 1.807) is 18.2 Å². The lowest BCUT2D eigenvalue weighted by molar-refractivity contribution is 0.302. The van der Waals surface area contributed by atoms with Crippen LogP contribution in [0.1, 0.15) is 11.1 Å². The summed E-state index contributed by atoms with van der Waals surface area (Å²) >= 11 is 11.7. The molecule has 100 valence electrons. The van der Waals surface area contributed by atoms with Crippen LogP contribution in [-0.4, -0.2) is 0 Å². The van der Waals surface area contributed by atoms with Gasteiger partial charge in [0.25, 0.3) is 0 Å². The third kappa shape index (κ3) is 3.38. The van der Waals surface area contributed by atoms with E-state index in [1.165, 1.54) is 12.1 Å². The maximum Gasteiger partial charge on any atom is 0.142 e. The first-order valence-electron chi connectivity index (χ1n) is 5.66. The molecule has 0 heterocycles. The zero-order chi connectivity index (χ0) is 13.8. The van der Waals surface area contributed by atoms with Crippen LogP contribution in [0, 0.1) is 5.82 Å². The first kappa shape index (κ1) is 14.1. The van der Waals surface area contributed by atoms with Gasteiger partial charge in [-0.25, -0.2) is 4.39 Å². The van der Waals surface area contributed by atoms with Gasteiger partial charge in [-0.05, 0) is 23.8 Å². The molecule has 19 heavy (non-hydrogen) atoms. The summed E-state index contributed by atoms with van der Waals surface area (Å²) in [6.07, 6.45) is 0. The Morgan fingerprint density at radius 2 is 1.89 bits per heavy atom. The Labute approximate surface area is 120 Å². The molecule has 0 atom stereocenters. The number of rotatable bonds is 4. The van der Waals surface area contributed by atoms with Gasteiger partial charge in [-0.1, -0.05) is 41.4 Å². The van der Waals surface area contributed by atoms with Crippen LogP contribution in [0.4, 0.5) is 4.39 Å². The Hall–Kier alpha value is -1.29. The molecule has 0 amide bonds. The zero-order valence-corrected chi connectivity index (χ0v) is 11.5. The second-order valence-corrected chi connectivity index (χ2v) is 4.78. The summed E-state index contributed by atoms with van der Waals surface area (Å²) in [7, 11) is 0. The summed E-state index contributed by atoms with van der Waals surface area (Å²) < 4.78 is 18.9. The molecule has 0 fully saturated rings. The highest BCUT2D eigenvalue weighted by Gasteiger charge is 2.08. The van der Waals surface area contributed by atoms with Crippen molar-refractivity contribution in [3.05, 3.63) is 63.4 Å². The van der Waals surface area contributed by atoms with Gasteiger partial charge in [-0.2, -0.15) is 0 Å². The fraction of sp³-hybridized carbons (Fsp3) is 0.143. The Morgan fingerprint density at radius 3 is 2.58 bits per heavy atom. The highest BCUT2D eigenvalue weighted by Crippen LogP contribution is 2.29. The van der Waals surface area contributed by atoms with Gasteiger partial charge in [0.2, 0.25) is 0 Å². The summed E-state index contributed by atoms with van der Waals surface area (Å²) in [5.41, 5.74) is 7.09. The lowest BCUT2D eigenvalue weighted by Crippen LogP contribution is -2.03. The average molecular weight is 300 g/mol. The van der Waals surface area contributed by atoms with Crippen LogP contribution in [0.2, 0.25) is 10.0 Å². The fourth-order valence-electron chi connectivity index (χ4n) is 1.66. The summed E-state index contributed by atoms with van der Waals surface area (Å²) in [4.78, 5) is 0. The Morgan fingerprint density at radius 1 is 1.11 bits per heavy atom. The highest BCUT2D eigenvalue weighted by molar-refractivity contribution is 6.32. The van der Waals surface area contributed by atoms with Crippen LogP contribution in [0.15, 0.2) is 36.4 Å². The molecule has 2 rings (SSSR count). The number of ether oxygens (including phenoxy) is 1. The van der Waals surface area contributed by atoms with Crippen LogP contribution >= 0.6 is 23.2 Å². The van der Waals surface area contributed by atoms with E-state index in [-0.39, 0.29) is 11.6 Å². The number of benzene rings is 2. The van der Waals surface area contributed by atoms with Crippen molar-refractivity contribution >= 4 is 23.2 Å². The molecule has 2 N–H and O–H groups in total. The van der Waals surface area contributed by atoms with Gasteiger partial charge in [0.15, 0.2) is 0 Å². The SMILES string of the molecule is NCc1cccc(Cl)c1OCc1ccc(Cl)c(F)c1. The third-order valence-corrected chi connectivity index (χ3v) is 3.24. The van der Waals surface area contributed by atoms with Crippen molar-refractivity contribution in [2.24, 2.45) is 5.73 Å². The quantitative estimate of drug-likeness (QED) is 0.919. The number of hydrogen-bond donors (Lipinski definition) is 1. The first-order valence-corrected chi connectivity index (χ1v) is 6.41. The topological polar surface area (TPSA) is 35.2 Å². The molecule has 5 heteroatoms. The second-order valence-electron chi connectivity index (χ2n) is 3.97. The summed E-state index contributed by atoms with van der Waals surface area (Å²) in [5.74, 6) is 0.0583. The number of para-hydroxylation sites is 1. The van der Waals surface area contributed by atoms with E-state index in [1.807, 2.05) is 6.07 Å². The lowest BCUT2D eigenvalue weighted by atomic mass is 10.2. The van der Waals surface area contributed by atoms with Gasteiger partial charge < -0.3 is 10.5 Å². The smallest absolute Gasteiger partial charge is 0.142 e. The van der Waals surface area contributed by atoms with E-state index in [0.717, 1.165) is 5.56 Å². The minimum atomic E-state index is -0.471. The Kier molecular flexibility index (Phi) is 4.64. The van der Waals surface area contributed by atoms with E-state index < -0.39 is 5.82 Å². The van der Waals surface area contributed by atoms with Crippen molar-refractivity contribution < 1.29 is 9.13 Å². The van der Waals surface area contributed by atoms with E-state index >= 15 is 0 Å². The molecule has 2 aromatic carbocycles. The van der Waals surface area contributed by atoms with Crippen LogP contribution in [-0.2, 0) is 13.2 Å². The predicted molar refractivity (Wildman–Crippen MR) is 75.1 cm³/mol. The van der Waals surface area contributed by atoms with E-state index in [0.29, 0.717) is 22.9 Å². The van der Waals surface area contributed by atoms with Crippen molar-refractivity contribution in [1.29, 1.82) is 0 Å². The van der Waals surface area contributed by atoms with E-state index in [9.17, 15) is 4.39 Å². The van der Waals surface area contributed by atoms with Crippen LogP contribution in [0.3, 0.4) is 0 Å². The van der Waals surface area contributed by atoms with Gasteiger partial charge in [0, 0.05) is 12.1 Å². The number of nitrogens with two attached hydrogens (primary N) is 1. The predicted octanol–water partition coefficient (Wildman–Crippen LogP) is 4.17. The molecular formula is C14H12Cl2FNO. The molecule has 0 spiro atoms. The molecular weight excluding hydrogens is 288 g/mol. The second kappa shape index (κ2) is 6.24. The lowest BCUT2D eigenvalue weighted by Gasteiger charge is -2.12. The van der Waals surface area contributed by atoms with Crippen molar-refractivity contribution in [3.63, 3.8) is 0 Å². The van der Waals surface area contributed by atoms with Gasteiger partial charge in [-0.15, -0.1) is 0 Å². The molecule has 2 aromatic rings. The number of halogens is 3. The van der Waals surface area contributed by atoms with Crippen LogP contribution in [0.5, 0.6) is 5.75 Å². The van der Waals surface area contributed by atoms with Crippen molar-refractivity contribution in [1.82, 2.24) is 0 Å². The monoisotopic (exact) mass is 299 g/mol. The minimum Gasteiger partial charge on any atom is -0.487 e. The van der Waals surface area contributed by atoms with Crippen molar-refractivity contribution in [2.75, 3.05) is 0 Å². The maximum absolute atomic E-state index is 13.3. The van der Waals surface area contributed by atoms with Crippen LogP contribution < -0.4 is 10.5 Å². The molecule has 0 bridgehead atoms. The summed E-state index contributed by atoms with van der Waals surface area (Å²) in [6, 6.07) is 9.89. The van der Waals surface area contributed by atoms with Crippen molar-refractivity contribution in [2.45, 2.75) is 13.2 Å². The number of hydrogen-bond acceptors (Lipinski definition) is 2.